The Balaban J connectivity index is 0. The van der Waals surface area contributed by atoms with Crippen molar-refractivity contribution in [3.63, 3.8) is 0 Å². The van der Waals surface area contributed by atoms with Crippen LogP contribution in [-0.2, 0) is 23.9 Å². The van der Waals surface area contributed by atoms with Gasteiger partial charge in [0, 0.05) is 13.8 Å². The van der Waals surface area contributed by atoms with Crippen LogP contribution in [0, 0.1) is 0 Å². The average molecular weight is 204 g/mol. The van der Waals surface area contributed by atoms with Crippen molar-refractivity contribution in [1.82, 2.24) is 0 Å². The van der Waals surface area contributed by atoms with Crippen LogP contribution in [-0.4, -0.2) is 30.9 Å². The van der Waals surface area contributed by atoms with Gasteiger partial charge >= 0.3 is 11.9 Å². The van der Waals surface area contributed by atoms with Gasteiger partial charge in [-0.2, -0.15) is 0 Å². The van der Waals surface area contributed by atoms with E-state index in [2.05, 4.69) is 9.47 Å². The largest absolute Gasteiger partial charge is 0.466 e. The zero-order chi connectivity index (χ0) is 11.6. The molecule has 0 aliphatic heterocycles. The van der Waals surface area contributed by atoms with Crippen molar-refractivity contribution in [2.24, 2.45) is 0 Å². The SMILES string of the molecule is CCOC(=O)C(C)=O.CCOC(C)=O. The van der Waals surface area contributed by atoms with Gasteiger partial charge in [-0.25, -0.2) is 4.79 Å². The molecule has 0 rings (SSSR count). The Morgan fingerprint density at radius 2 is 1.36 bits per heavy atom. The highest BCUT2D eigenvalue weighted by molar-refractivity contribution is 6.32. The van der Waals surface area contributed by atoms with Gasteiger partial charge in [0.05, 0.1) is 13.2 Å². The van der Waals surface area contributed by atoms with Gasteiger partial charge in [-0.1, -0.05) is 0 Å². The molecule has 5 heteroatoms. The first-order valence-corrected chi connectivity index (χ1v) is 4.26. The highest BCUT2D eigenvalue weighted by Crippen LogP contribution is 1.77. The van der Waals surface area contributed by atoms with Crippen LogP contribution in [0.2, 0.25) is 0 Å². The molecule has 14 heavy (non-hydrogen) atoms. The first-order chi connectivity index (χ1) is 6.45. The first kappa shape index (κ1) is 15.1. The Hall–Kier alpha value is -1.39. The van der Waals surface area contributed by atoms with E-state index in [9.17, 15) is 14.4 Å². The fourth-order valence-corrected chi connectivity index (χ4v) is 0.436. The summed E-state index contributed by atoms with van der Waals surface area (Å²) in [6.45, 7) is 6.75. The van der Waals surface area contributed by atoms with Crippen molar-refractivity contribution in [3.8, 4) is 0 Å². The van der Waals surface area contributed by atoms with E-state index in [1.807, 2.05) is 0 Å². The van der Waals surface area contributed by atoms with Crippen LogP contribution in [0.3, 0.4) is 0 Å². The molecule has 0 heterocycles. The summed E-state index contributed by atoms with van der Waals surface area (Å²) in [6.07, 6.45) is 0. The van der Waals surface area contributed by atoms with E-state index in [-0.39, 0.29) is 12.6 Å². The predicted molar refractivity (Wildman–Crippen MR) is 49.6 cm³/mol. The van der Waals surface area contributed by atoms with Crippen LogP contribution in [0.5, 0.6) is 0 Å². The molecule has 0 saturated heterocycles. The Morgan fingerprint density at radius 1 is 0.929 bits per heavy atom. The molecule has 0 N–H and O–H groups in total. The number of ketones is 1. The highest BCUT2D eigenvalue weighted by atomic mass is 16.5. The van der Waals surface area contributed by atoms with E-state index in [1.165, 1.54) is 13.8 Å². The van der Waals surface area contributed by atoms with Gasteiger partial charge in [-0.05, 0) is 13.8 Å². The van der Waals surface area contributed by atoms with Crippen LogP contribution in [0.1, 0.15) is 27.7 Å². The molecule has 0 aromatic rings. The topological polar surface area (TPSA) is 69.7 Å². The number of esters is 2. The minimum absolute atomic E-state index is 0.211. The van der Waals surface area contributed by atoms with E-state index in [0.717, 1.165) is 0 Å². The fourth-order valence-electron chi connectivity index (χ4n) is 0.436. The molecule has 0 amide bonds. The minimum Gasteiger partial charge on any atom is -0.466 e. The van der Waals surface area contributed by atoms with Gasteiger partial charge in [0.25, 0.3) is 0 Å². The van der Waals surface area contributed by atoms with Crippen molar-refractivity contribution in [1.29, 1.82) is 0 Å². The number of Topliss-reactive ketones (excluding diaryl/α,β-unsaturated/α-hetero) is 1. The quantitative estimate of drug-likeness (QED) is 0.500. The van der Waals surface area contributed by atoms with E-state index in [4.69, 9.17) is 0 Å². The summed E-state index contributed by atoms with van der Waals surface area (Å²) in [5.41, 5.74) is 0. The van der Waals surface area contributed by atoms with E-state index >= 15 is 0 Å². The maximum Gasteiger partial charge on any atom is 0.374 e. The zero-order valence-corrected chi connectivity index (χ0v) is 8.96. The molecular formula is C9H16O5. The first-order valence-electron chi connectivity index (χ1n) is 4.26. The van der Waals surface area contributed by atoms with Crippen LogP contribution in [0.25, 0.3) is 0 Å². The Kier molecular flexibility index (Phi) is 10.5. The summed E-state index contributed by atoms with van der Waals surface area (Å²) in [7, 11) is 0. The second kappa shape index (κ2) is 9.70. The fraction of sp³-hybridized carbons (Fsp3) is 0.667. The molecule has 0 aromatic heterocycles. The van der Waals surface area contributed by atoms with Crippen molar-refractivity contribution in [2.75, 3.05) is 13.2 Å². The third-order valence-electron chi connectivity index (χ3n) is 0.910. The maximum absolute atomic E-state index is 10.2. The van der Waals surface area contributed by atoms with Crippen molar-refractivity contribution >= 4 is 17.7 Å². The minimum atomic E-state index is -0.757. The van der Waals surface area contributed by atoms with Gasteiger partial charge in [0.1, 0.15) is 0 Å². The van der Waals surface area contributed by atoms with Crippen LogP contribution in [0.15, 0.2) is 0 Å². The molecule has 0 fully saturated rings. The number of ether oxygens (including phenoxy) is 2. The molecule has 0 aliphatic carbocycles. The van der Waals surface area contributed by atoms with Gasteiger partial charge in [0.15, 0.2) is 0 Å². The Labute approximate surface area is 83.4 Å². The zero-order valence-electron chi connectivity index (χ0n) is 8.96. The van der Waals surface area contributed by atoms with Crippen molar-refractivity contribution < 1.29 is 23.9 Å². The molecule has 0 aromatic carbocycles. The predicted octanol–water partition coefficient (Wildman–Crippen LogP) is 0.708. The average Bonchev–Trinajstić information content (AvgIpc) is 2.05. The Morgan fingerprint density at radius 3 is 1.43 bits per heavy atom. The summed E-state index contributed by atoms with van der Waals surface area (Å²) >= 11 is 0. The second-order valence-corrected chi connectivity index (χ2v) is 2.20. The number of rotatable bonds is 3. The smallest absolute Gasteiger partial charge is 0.374 e. The van der Waals surface area contributed by atoms with Crippen molar-refractivity contribution in [2.45, 2.75) is 27.7 Å². The summed E-state index contributed by atoms with van der Waals surface area (Å²) < 4.78 is 8.72. The molecule has 0 aliphatic rings. The molecule has 5 nitrogen and oxygen atoms in total. The summed E-state index contributed by atoms with van der Waals surface area (Å²) in [4.78, 5) is 30.1. The third kappa shape index (κ3) is 13.2. The lowest BCUT2D eigenvalue weighted by Gasteiger charge is -1.93. The van der Waals surface area contributed by atoms with Crippen molar-refractivity contribution in [3.05, 3.63) is 0 Å². The van der Waals surface area contributed by atoms with Gasteiger partial charge < -0.3 is 9.47 Å². The maximum atomic E-state index is 10.2. The van der Waals surface area contributed by atoms with Gasteiger partial charge in [0.2, 0.25) is 5.78 Å². The second-order valence-electron chi connectivity index (χ2n) is 2.20. The number of carbonyl (C=O) groups excluding carboxylic acids is 3. The van der Waals surface area contributed by atoms with Crippen LogP contribution >= 0.6 is 0 Å². The lowest BCUT2D eigenvalue weighted by atomic mass is 10.5. The number of carbonyl (C=O) groups is 3. The Bertz CT molecular complexity index is 197. The van der Waals surface area contributed by atoms with Gasteiger partial charge in [-0.3, -0.25) is 9.59 Å². The van der Waals surface area contributed by atoms with E-state index < -0.39 is 11.8 Å². The summed E-state index contributed by atoms with van der Waals surface area (Å²) in [6, 6.07) is 0. The van der Waals surface area contributed by atoms with Crippen LogP contribution < -0.4 is 0 Å². The molecule has 0 radical (unpaired) electrons. The number of hydrogen-bond donors (Lipinski definition) is 0. The van der Waals surface area contributed by atoms with Gasteiger partial charge in [-0.15, -0.1) is 0 Å². The lowest BCUT2D eigenvalue weighted by Crippen LogP contribution is -2.12. The number of hydrogen-bond acceptors (Lipinski definition) is 5. The van der Waals surface area contributed by atoms with E-state index in [1.54, 1.807) is 13.8 Å². The molecular weight excluding hydrogens is 188 g/mol. The third-order valence-corrected chi connectivity index (χ3v) is 0.910. The molecule has 0 saturated carbocycles. The molecule has 0 unspecified atom stereocenters. The van der Waals surface area contributed by atoms with E-state index in [0.29, 0.717) is 6.61 Å². The van der Waals surface area contributed by atoms with Crippen LogP contribution in [0.4, 0.5) is 0 Å². The standard InChI is InChI=1S/C5H8O3.C4H8O2/c1-3-8-5(7)4(2)6;1-3-6-4(2)5/h3H2,1-2H3;3H2,1-2H3. The molecule has 0 bridgehead atoms. The summed E-state index contributed by atoms with van der Waals surface area (Å²) in [5, 5.41) is 0. The lowest BCUT2D eigenvalue weighted by molar-refractivity contribution is -0.152. The highest BCUT2D eigenvalue weighted by Gasteiger charge is 2.05. The normalized spacial score (nSPS) is 8.00. The molecule has 0 atom stereocenters. The molecule has 82 valence electrons. The molecule has 0 spiro atoms. The monoisotopic (exact) mass is 204 g/mol. The summed E-state index contributed by atoms with van der Waals surface area (Å²) in [5.74, 6) is -1.52.